The molecule has 5 rings (SSSR count). The molecule has 0 saturated heterocycles. The summed E-state index contributed by atoms with van der Waals surface area (Å²) in [6.07, 6.45) is 0. The Bertz CT molecular complexity index is 1120. The number of para-hydroxylation sites is 2. The van der Waals surface area contributed by atoms with Gasteiger partial charge in [-0.25, -0.2) is 4.99 Å². The third-order valence-electron chi connectivity index (χ3n) is 5.41. The van der Waals surface area contributed by atoms with Crippen molar-refractivity contribution in [2.24, 2.45) is 4.99 Å². The molecule has 1 radical (unpaired) electrons. The Hall–Kier alpha value is -3.69. The second kappa shape index (κ2) is 7.04. The second-order valence-corrected chi connectivity index (χ2v) is 7.05. The minimum Gasteiger partial charge on any atom is -0.249 e. The van der Waals surface area contributed by atoms with Gasteiger partial charge in [-0.2, -0.15) is 5.06 Å². The highest BCUT2D eigenvalue weighted by molar-refractivity contribution is 6.19. The van der Waals surface area contributed by atoms with E-state index in [0.29, 0.717) is 5.69 Å². The molecule has 1 aliphatic heterocycles. The molecule has 1 aliphatic rings. The maximum atomic E-state index is 14.0. The van der Waals surface area contributed by atoms with Gasteiger partial charge in [0.05, 0.1) is 17.1 Å². The number of hydroxylamine groups is 1. The smallest absolute Gasteiger partial charge is 0.163 e. The Morgan fingerprint density at radius 1 is 0.586 bits per heavy atom. The molecular formula is C26H19N2O. The zero-order valence-electron chi connectivity index (χ0n) is 15.8. The van der Waals surface area contributed by atoms with Crippen LogP contribution in [0.2, 0.25) is 0 Å². The molecule has 4 aromatic rings. The van der Waals surface area contributed by atoms with Crippen LogP contribution in [-0.4, -0.2) is 5.71 Å². The molecule has 0 amide bonds. The van der Waals surface area contributed by atoms with Gasteiger partial charge in [-0.1, -0.05) is 102 Å². The van der Waals surface area contributed by atoms with Crippen molar-refractivity contribution in [2.75, 3.05) is 5.06 Å². The molecule has 139 valence electrons. The Morgan fingerprint density at radius 2 is 1.07 bits per heavy atom. The van der Waals surface area contributed by atoms with E-state index < -0.39 is 5.54 Å². The van der Waals surface area contributed by atoms with Gasteiger partial charge in [0.1, 0.15) is 0 Å². The summed E-state index contributed by atoms with van der Waals surface area (Å²) in [6, 6.07) is 37.3. The zero-order valence-corrected chi connectivity index (χ0v) is 15.8. The lowest BCUT2D eigenvalue weighted by Crippen LogP contribution is -2.46. The van der Waals surface area contributed by atoms with Gasteiger partial charge in [-0.05, 0) is 29.3 Å². The normalized spacial score (nSPS) is 16.0. The minimum atomic E-state index is -1.05. The second-order valence-electron chi connectivity index (χ2n) is 7.05. The summed E-state index contributed by atoms with van der Waals surface area (Å²) in [5.41, 5.74) is 3.80. The maximum Gasteiger partial charge on any atom is 0.163 e. The molecule has 0 fully saturated rings. The van der Waals surface area contributed by atoms with E-state index in [0.717, 1.165) is 33.2 Å². The van der Waals surface area contributed by atoms with Crippen molar-refractivity contribution < 1.29 is 5.21 Å². The third kappa shape index (κ3) is 2.67. The lowest BCUT2D eigenvalue weighted by atomic mass is 9.78. The Labute approximate surface area is 170 Å². The van der Waals surface area contributed by atoms with Crippen LogP contribution in [0.1, 0.15) is 16.7 Å². The molecular weight excluding hydrogens is 356 g/mol. The fourth-order valence-electron chi connectivity index (χ4n) is 4.13. The fraction of sp³-hybridized carbons (Fsp3) is 0.0385. The summed E-state index contributed by atoms with van der Waals surface area (Å²) in [7, 11) is 0. The van der Waals surface area contributed by atoms with E-state index in [4.69, 9.17) is 4.99 Å². The lowest BCUT2D eigenvalue weighted by Gasteiger charge is -2.35. The zero-order chi connectivity index (χ0) is 19.7. The predicted octanol–water partition coefficient (Wildman–Crippen LogP) is 5.92. The molecule has 0 saturated carbocycles. The van der Waals surface area contributed by atoms with Crippen molar-refractivity contribution in [2.45, 2.75) is 5.54 Å². The molecule has 0 atom stereocenters. The van der Waals surface area contributed by atoms with E-state index in [1.807, 2.05) is 115 Å². The summed E-state index contributed by atoms with van der Waals surface area (Å²) < 4.78 is 0. The molecule has 0 bridgehead atoms. The van der Waals surface area contributed by atoms with Crippen molar-refractivity contribution in [1.82, 2.24) is 0 Å². The first-order valence-electron chi connectivity index (χ1n) is 9.64. The number of anilines is 1. The molecule has 3 heteroatoms. The van der Waals surface area contributed by atoms with Crippen molar-refractivity contribution in [1.29, 1.82) is 0 Å². The minimum absolute atomic E-state index is 0.634. The number of hydrogen-bond acceptors (Lipinski definition) is 2. The number of rotatable bonds is 3. The molecule has 0 aromatic heterocycles. The molecule has 0 aliphatic carbocycles. The van der Waals surface area contributed by atoms with E-state index >= 15 is 0 Å². The first kappa shape index (κ1) is 17.4. The number of hydrogen-bond donors (Lipinski definition) is 0. The molecule has 0 spiro atoms. The molecule has 3 nitrogen and oxygen atoms in total. The van der Waals surface area contributed by atoms with E-state index in [9.17, 15) is 5.21 Å². The average molecular weight is 375 g/mol. The quantitative estimate of drug-likeness (QED) is 0.438. The topological polar surface area (TPSA) is 35.5 Å². The van der Waals surface area contributed by atoms with Crippen molar-refractivity contribution >= 4 is 17.1 Å². The first-order chi connectivity index (χ1) is 14.3. The largest absolute Gasteiger partial charge is 0.249 e. The highest BCUT2D eigenvalue weighted by Crippen LogP contribution is 2.49. The van der Waals surface area contributed by atoms with E-state index in [-0.39, 0.29) is 0 Å². The lowest BCUT2D eigenvalue weighted by molar-refractivity contribution is 0.125. The summed E-state index contributed by atoms with van der Waals surface area (Å²) in [6.45, 7) is 0. The van der Waals surface area contributed by atoms with Crippen molar-refractivity contribution in [3.63, 3.8) is 0 Å². The SMILES string of the molecule is [O]N1c2ccccc2/C(=N/c2ccccc2)C1(c1ccccc1)c1ccccc1. The van der Waals surface area contributed by atoms with Crippen LogP contribution in [-0.2, 0) is 10.7 Å². The average Bonchev–Trinajstić information content (AvgIpc) is 3.05. The van der Waals surface area contributed by atoms with Gasteiger partial charge in [-0.15, -0.1) is 0 Å². The van der Waals surface area contributed by atoms with Gasteiger partial charge in [0.15, 0.2) is 5.54 Å². The fourth-order valence-corrected chi connectivity index (χ4v) is 4.13. The molecule has 1 heterocycles. The predicted molar refractivity (Wildman–Crippen MR) is 116 cm³/mol. The van der Waals surface area contributed by atoms with Crippen LogP contribution in [0.4, 0.5) is 11.4 Å². The van der Waals surface area contributed by atoms with Crippen molar-refractivity contribution in [3.05, 3.63) is 132 Å². The van der Waals surface area contributed by atoms with Gasteiger partial charge in [0.25, 0.3) is 0 Å². The number of aliphatic imine (C=N–C) groups is 1. The summed E-state index contributed by atoms with van der Waals surface area (Å²) in [5, 5.41) is 15.1. The highest BCUT2D eigenvalue weighted by atomic mass is 16.5. The van der Waals surface area contributed by atoms with Crippen LogP contribution in [0, 0.1) is 0 Å². The summed E-state index contributed by atoms with van der Waals surface area (Å²) in [5.74, 6) is 0. The van der Waals surface area contributed by atoms with Gasteiger partial charge in [0.2, 0.25) is 0 Å². The standard InChI is InChI=1S/C26H19N2O/c29-28-24-19-11-10-18-23(24)25(27-22-16-8-3-9-17-22)26(28,20-12-4-1-5-13-20)21-14-6-2-7-15-21/h1-19H/b27-25-. The van der Waals surface area contributed by atoms with E-state index in [1.54, 1.807) is 0 Å². The van der Waals surface area contributed by atoms with E-state index in [2.05, 4.69) is 0 Å². The van der Waals surface area contributed by atoms with Crippen LogP contribution in [0.5, 0.6) is 0 Å². The van der Waals surface area contributed by atoms with Gasteiger partial charge in [0, 0.05) is 5.56 Å². The third-order valence-corrected chi connectivity index (χ3v) is 5.41. The number of benzene rings is 4. The van der Waals surface area contributed by atoms with Gasteiger partial charge >= 0.3 is 0 Å². The number of fused-ring (bicyclic) bond motifs is 1. The Morgan fingerprint density at radius 3 is 1.66 bits per heavy atom. The summed E-state index contributed by atoms with van der Waals surface area (Å²) in [4.78, 5) is 5.03. The number of nitrogens with zero attached hydrogens (tertiary/aromatic N) is 2. The monoisotopic (exact) mass is 375 g/mol. The molecule has 4 aromatic carbocycles. The van der Waals surface area contributed by atoms with Crippen LogP contribution >= 0.6 is 0 Å². The highest BCUT2D eigenvalue weighted by Gasteiger charge is 2.53. The Kier molecular flexibility index (Phi) is 4.23. The van der Waals surface area contributed by atoms with Crippen LogP contribution in [0.3, 0.4) is 0 Å². The maximum absolute atomic E-state index is 14.0. The van der Waals surface area contributed by atoms with Gasteiger partial charge < -0.3 is 0 Å². The van der Waals surface area contributed by atoms with Crippen LogP contribution < -0.4 is 5.06 Å². The molecule has 29 heavy (non-hydrogen) atoms. The molecule has 0 unspecified atom stereocenters. The van der Waals surface area contributed by atoms with Gasteiger partial charge in [-0.3, -0.25) is 0 Å². The Balaban J connectivity index is 1.89. The van der Waals surface area contributed by atoms with Crippen LogP contribution in [0.25, 0.3) is 0 Å². The summed E-state index contributed by atoms with van der Waals surface area (Å²) >= 11 is 0. The van der Waals surface area contributed by atoms with Crippen LogP contribution in [0.15, 0.2) is 120 Å². The van der Waals surface area contributed by atoms with E-state index in [1.165, 1.54) is 0 Å². The van der Waals surface area contributed by atoms with Crippen molar-refractivity contribution in [3.8, 4) is 0 Å². The first-order valence-corrected chi connectivity index (χ1v) is 9.64. The molecule has 0 N–H and O–H groups in total.